The molecule has 3 rings (SSSR count). The topological polar surface area (TPSA) is 58.6 Å². The molecule has 1 unspecified atom stereocenters. The minimum Gasteiger partial charge on any atom is -0.443 e. The summed E-state index contributed by atoms with van der Waals surface area (Å²) in [6, 6.07) is 9.50. The summed E-state index contributed by atoms with van der Waals surface area (Å²) in [6.07, 6.45) is -5.90. The summed E-state index contributed by atoms with van der Waals surface area (Å²) in [5.41, 5.74) is -2.31. The fourth-order valence-electron chi connectivity index (χ4n) is 2.85. The highest BCUT2D eigenvalue weighted by Crippen LogP contribution is 2.43. The van der Waals surface area contributed by atoms with Crippen molar-refractivity contribution in [2.45, 2.75) is 39.1 Å². The van der Waals surface area contributed by atoms with Gasteiger partial charge in [0.25, 0.3) is 0 Å². The van der Waals surface area contributed by atoms with E-state index in [1.807, 2.05) is 0 Å². The lowest BCUT2D eigenvalue weighted by atomic mass is 10.1. The minimum absolute atomic E-state index is 0.0107. The molecular weight excluding hydrogens is 504 g/mol. The number of alkyl halides is 3. The van der Waals surface area contributed by atoms with Crippen molar-refractivity contribution in [2.24, 2.45) is 0 Å². The Bertz CT molecular complexity index is 1210. The van der Waals surface area contributed by atoms with E-state index in [0.29, 0.717) is 17.5 Å². The first-order valence-corrected chi connectivity index (χ1v) is 11.8. The van der Waals surface area contributed by atoms with Gasteiger partial charge in [0.2, 0.25) is 11.2 Å². The van der Waals surface area contributed by atoms with E-state index in [0.717, 1.165) is 26.4 Å². The van der Waals surface area contributed by atoms with Gasteiger partial charge in [-0.2, -0.15) is 13.2 Å². The molecule has 1 amide bonds. The molecule has 33 heavy (non-hydrogen) atoms. The fraction of sp³-hybridized carbons (Fsp3) is 0.286. The van der Waals surface area contributed by atoms with Gasteiger partial charge < -0.3 is 4.74 Å². The Kier molecular flexibility index (Phi) is 7.25. The summed E-state index contributed by atoms with van der Waals surface area (Å²) in [7, 11) is 0. The van der Waals surface area contributed by atoms with Gasteiger partial charge in [-0.05, 0) is 44.5 Å². The van der Waals surface area contributed by atoms with Crippen LogP contribution in [0.4, 0.5) is 27.4 Å². The molecule has 0 saturated carbocycles. The number of carbonyl (C=O) groups is 1. The van der Waals surface area contributed by atoms with E-state index in [2.05, 4.69) is 4.72 Å². The second kappa shape index (κ2) is 9.47. The van der Waals surface area contributed by atoms with E-state index >= 15 is 0 Å². The van der Waals surface area contributed by atoms with Gasteiger partial charge in [0, 0.05) is 10.1 Å². The van der Waals surface area contributed by atoms with Crippen molar-refractivity contribution in [3.8, 4) is 0 Å². The Morgan fingerprint density at radius 2 is 1.85 bits per heavy atom. The third-order valence-electron chi connectivity index (χ3n) is 4.18. The molecule has 0 aliphatic heterocycles. The highest BCUT2D eigenvalue weighted by atomic mass is 35.5. The molecular formula is C21H19ClF4N2O3S2. The second-order valence-corrected chi connectivity index (χ2v) is 10.5. The molecule has 0 aliphatic carbocycles. The van der Waals surface area contributed by atoms with Crippen LogP contribution in [0.15, 0.2) is 42.5 Å². The molecule has 1 aromatic heterocycles. The summed E-state index contributed by atoms with van der Waals surface area (Å²) in [5, 5.41) is 1.12. The number of halogens is 5. The van der Waals surface area contributed by atoms with E-state index in [1.54, 1.807) is 45.0 Å². The molecule has 5 nitrogen and oxygen atoms in total. The van der Waals surface area contributed by atoms with E-state index in [1.165, 1.54) is 0 Å². The molecule has 1 N–H and O–H groups in total. The number of hydrogen-bond acceptors (Lipinski definition) is 4. The molecule has 0 radical (unpaired) electrons. The van der Waals surface area contributed by atoms with Crippen LogP contribution in [0.1, 0.15) is 31.9 Å². The van der Waals surface area contributed by atoms with Gasteiger partial charge >= 0.3 is 12.3 Å². The minimum atomic E-state index is -4.91. The summed E-state index contributed by atoms with van der Waals surface area (Å²) in [5.74, 6) is -1.43. The monoisotopic (exact) mass is 522 g/mol. The number of anilines is 1. The molecule has 12 heteroatoms. The molecule has 2 aromatic carbocycles. The van der Waals surface area contributed by atoms with Crippen molar-refractivity contribution in [3.05, 3.63) is 64.4 Å². The third kappa shape index (κ3) is 6.15. The Morgan fingerprint density at radius 3 is 2.45 bits per heavy atom. The van der Waals surface area contributed by atoms with Crippen LogP contribution in [0.2, 0.25) is 5.02 Å². The molecule has 1 atom stereocenters. The maximum Gasteiger partial charge on any atom is 0.420 e. The maximum absolute atomic E-state index is 13.7. The van der Waals surface area contributed by atoms with E-state index < -0.39 is 40.4 Å². The van der Waals surface area contributed by atoms with E-state index in [9.17, 15) is 26.6 Å². The predicted molar refractivity (Wildman–Crippen MR) is 122 cm³/mol. The lowest BCUT2D eigenvalue weighted by molar-refractivity contribution is -0.140. The number of carbonyl (C=O) groups excluding carboxylic acids is 1. The van der Waals surface area contributed by atoms with Crippen LogP contribution >= 0.6 is 22.9 Å². The van der Waals surface area contributed by atoms with Gasteiger partial charge in [0.1, 0.15) is 16.4 Å². The Balaban J connectivity index is 2.01. The first-order valence-electron chi connectivity index (χ1n) is 9.48. The zero-order chi connectivity index (χ0) is 24.6. The zero-order valence-corrected chi connectivity index (χ0v) is 20.0. The smallest absolute Gasteiger partial charge is 0.420 e. The fourth-order valence-corrected chi connectivity index (χ4v) is 5.45. The number of benzene rings is 2. The van der Waals surface area contributed by atoms with Crippen LogP contribution in [0, 0.1) is 5.82 Å². The number of nitrogens with one attached hydrogen (secondary N) is 1. The van der Waals surface area contributed by atoms with Crippen molar-refractivity contribution in [1.29, 1.82) is 0 Å². The zero-order valence-electron chi connectivity index (χ0n) is 17.6. The molecule has 0 aliphatic rings. The van der Waals surface area contributed by atoms with Gasteiger partial charge in [-0.1, -0.05) is 35.9 Å². The van der Waals surface area contributed by atoms with Gasteiger partial charge in [0.05, 0.1) is 17.1 Å². The highest BCUT2D eigenvalue weighted by Gasteiger charge is 2.34. The van der Waals surface area contributed by atoms with Gasteiger partial charge in [-0.25, -0.2) is 18.1 Å². The lowest BCUT2D eigenvalue weighted by Crippen LogP contribution is -2.40. The Morgan fingerprint density at radius 1 is 1.18 bits per heavy atom. The SMILES string of the molecule is CC(C)(C)OC(=O)NS(=O)N(Cc1ccc(F)c(C(F)(F)F)c1)c1sc2ccccc2c1Cl. The average Bonchev–Trinajstić information content (AvgIpc) is 3.01. The summed E-state index contributed by atoms with van der Waals surface area (Å²) in [6.45, 7) is 4.49. The largest absolute Gasteiger partial charge is 0.443 e. The number of amides is 1. The van der Waals surface area contributed by atoms with Crippen LogP contribution < -0.4 is 9.03 Å². The highest BCUT2D eigenvalue weighted by molar-refractivity contribution is 7.85. The van der Waals surface area contributed by atoms with E-state index in [-0.39, 0.29) is 22.1 Å². The predicted octanol–water partition coefficient (Wildman–Crippen LogP) is 6.82. The van der Waals surface area contributed by atoms with Crippen molar-refractivity contribution < 1.29 is 31.3 Å². The number of fused-ring (bicyclic) bond motifs is 1. The van der Waals surface area contributed by atoms with Crippen LogP contribution in [0.25, 0.3) is 10.1 Å². The van der Waals surface area contributed by atoms with Gasteiger partial charge in [-0.15, -0.1) is 11.3 Å². The lowest BCUT2D eigenvalue weighted by Gasteiger charge is -2.24. The summed E-state index contributed by atoms with van der Waals surface area (Å²) < 4.78 is 75.5. The molecule has 1 heterocycles. The number of nitrogens with zero attached hydrogens (tertiary/aromatic N) is 1. The molecule has 0 bridgehead atoms. The van der Waals surface area contributed by atoms with Crippen LogP contribution in [0.3, 0.4) is 0 Å². The van der Waals surface area contributed by atoms with Crippen molar-refractivity contribution in [1.82, 2.24) is 4.72 Å². The first kappa shape index (κ1) is 25.3. The van der Waals surface area contributed by atoms with Crippen LogP contribution in [-0.4, -0.2) is 15.9 Å². The molecule has 178 valence electrons. The standard InChI is InChI=1S/C21H19ClF4N2O3S2/c1-20(2,3)31-19(29)27-33(30)28(18-17(22)13-6-4-5-7-16(13)32-18)11-12-8-9-15(23)14(10-12)21(24,25)26/h4-10H,11H2,1-3H3,(H,27,29). The Hall–Kier alpha value is -2.37. The molecule has 3 aromatic rings. The normalized spacial score (nSPS) is 13.1. The second-order valence-electron chi connectivity index (χ2n) is 7.92. The van der Waals surface area contributed by atoms with Crippen molar-refractivity contribution in [2.75, 3.05) is 4.31 Å². The summed E-state index contributed by atoms with van der Waals surface area (Å²) in [4.78, 5) is 12.2. The number of hydrogen-bond donors (Lipinski definition) is 1. The number of rotatable bonds is 5. The number of thiophene rings is 1. The van der Waals surface area contributed by atoms with Gasteiger partial charge in [-0.3, -0.25) is 4.31 Å². The van der Waals surface area contributed by atoms with Crippen LogP contribution in [-0.2, 0) is 28.6 Å². The van der Waals surface area contributed by atoms with Gasteiger partial charge in [0.15, 0.2) is 0 Å². The van der Waals surface area contributed by atoms with Crippen molar-refractivity contribution >= 4 is 55.3 Å². The molecule has 0 fully saturated rings. The first-order chi connectivity index (χ1) is 15.3. The number of ether oxygens (including phenoxy) is 1. The van der Waals surface area contributed by atoms with Crippen LogP contribution in [0.5, 0.6) is 0 Å². The van der Waals surface area contributed by atoms with E-state index in [4.69, 9.17) is 16.3 Å². The average molecular weight is 523 g/mol. The molecule has 0 saturated heterocycles. The summed E-state index contributed by atoms with van der Waals surface area (Å²) >= 11 is 5.35. The molecule has 0 spiro atoms. The Labute approximate surface area is 199 Å². The third-order valence-corrected chi connectivity index (χ3v) is 7.03. The van der Waals surface area contributed by atoms with Crippen molar-refractivity contribution in [3.63, 3.8) is 0 Å². The quantitative estimate of drug-likeness (QED) is 0.374. The maximum atomic E-state index is 13.7.